The van der Waals surface area contributed by atoms with Crippen molar-refractivity contribution < 1.29 is 19.1 Å². The minimum atomic E-state index is -0.704. The standard InChI is InChI=1S/C21H20N2O4S/c1-3-27-21(26)18-12(2)17(19(22)25)20(28-18)23-16(24)11-14-9-6-8-13-7-4-5-10-15(13)14/h4-10H,3,11H2,1-2H3,(H2,22,25)(H,23,24). The van der Waals surface area contributed by atoms with E-state index in [-0.39, 0.29) is 34.4 Å². The molecule has 2 aromatic carbocycles. The van der Waals surface area contributed by atoms with Crippen molar-refractivity contribution in [1.29, 1.82) is 0 Å². The van der Waals surface area contributed by atoms with Gasteiger partial charge in [-0.2, -0.15) is 0 Å². The van der Waals surface area contributed by atoms with Gasteiger partial charge in [-0.1, -0.05) is 42.5 Å². The molecule has 0 unspecified atom stereocenters. The maximum absolute atomic E-state index is 12.6. The second kappa shape index (κ2) is 8.22. The zero-order valence-corrected chi connectivity index (χ0v) is 16.4. The summed E-state index contributed by atoms with van der Waals surface area (Å²) < 4.78 is 5.01. The van der Waals surface area contributed by atoms with Gasteiger partial charge in [0.2, 0.25) is 5.91 Å². The lowest BCUT2D eigenvalue weighted by Gasteiger charge is -2.08. The second-order valence-electron chi connectivity index (χ2n) is 6.21. The first-order valence-corrected chi connectivity index (χ1v) is 9.60. The molecule has 0 aliphatic carbocycles. The van der Waals surface area contributed by atoms with E-state index in [9.17, 15) is 14.4 Å². The summed E-state index contributed by atoms with van der Waals surface area (Å²) in [5.74, 6) is -1.54. The van der Waals surface area contributed by atoms with Crippen LogP contribution >= 0.6 is 11.3 Å². The average molecular weight is 396 g/mol. The molecule has 7 heteroatoms. The van der Waals surface area contributed by atoms with Crippen molar-refractivity contribution in [1.82, 2.24) is 0 Å². The Kier molecular flexibility index (Phi) is 5.75. The number of nitrogens with two attached hydrogens (primary N) is 1. The van der Waals surface area contributed by atoms with Gasteiger partial charge in [0.15, 0.2) is 0 Å². The van der Waals surface area contributed by atoms with Crippen molar-refractivity contribution >= 4 is 44.9 Å². The number of amides is 2. The first-order valence-electron chi connectivity index (χ1n) is 8.79. The highest BCUT2D eigenvalue weighted by atomic mass is 32.1. The number of nitrogens with one attached hydrogen (secondary N) is 1. The Hall–Kier alpha value is -3.19. The summed E-state index contributed by atoms with van der Waals surface area (Å²) in [7, 11) is 0. The summed E-state index contributed by atoms with van der Waals surface area (Å²) in [6.07, 6.45) is 0.130. The van der Waals surface area contributed by atoms with Crippen molar-refractivity contribution in [3.05, 3.63) is 64.0 Å². The number of fused-ring (bicyclic) bond motifs is 1. The highest BCUT2D eigenvalue weighted by molar-refractivity contribution is 7.18. The van der Waals surface area contributed by atoms with Crippen LogP contribution in [0.2, 0.25) is 0 Å². The molecule has 1 aromatic heterocycles. The Balaban J connectivity index is 1.88. The Morgan fingerprint density at radius 2 is 1.82 bits per heavy atom. The van der Waals surface area contributed by atoms with E-state index in [1.54, 1.807) is 13.8 Å². The van der Waals surface area contributed by atoms with Crippen LogP contribution < -0.4 is 11.1 Å². The zero-order chi connectivity index (χ0) is 20.3. The number of primary amides is 1. The monoisotopic (exact) mass is 396 g/mol. The fourth-order valence-corrected chi connectivity index (χ4v) is 4.20. The van der Waals surface area contributed by atoms with Gasteiger partial charge in [-0.15, -0.1) is 11.3 Å². The van der Waals surface area contributed by atoms with Crippen LogP contribution in [0.15, 0.2) is 42.5 Å². The molecule has 0 bridgehead atoms. The lowest BCUT2D eigenvalue weighted by atomic mass is 10.0. The maximum Gasteiger partial charge on any atom is 0.348 e. The van der Waals surface area contributed by atoms with Gasteiger partial charge in [-0.3, -0.25) is 9.59 Å². The number of thiophene rings is 1. The van der Waals surface area contributed by atoms with E-state index in [0.717, 1.165) is 27.7 Å². The first kappa shape index (κ1) is 19.6. The smallest absolute Gasteiger partial charge is 0.348 e. The molecule has 144 valence electrons. The first-order chi connectivity index (χ1) is 13.4. The molecule has 0 saturated heterocycles. The molecule has 3 aromatic rings. The van der Waals surface area contributed by atoms with Crippen LogP contribution in [0.3, 0.4) is 0 Å². The molecule has 6 nitrogen and oxygen atoms in total. The molecule has 1 heterocycles. The third kappa shape index (κ3) is 3.89. The lowest BCUT2D eigenvalue weighted by Crippen LogP contribution is -2.18. The average Bonchev–Trinajstić information content (AvgIpc) is 2.98. The number of carbonyl (C=O) groups excluding carboxylic acids is 3. The molecule has 0 saturated carbocycles. The van der Waals surface area contributed by atoms with Gasteiger partial charge in [0.1, 0.15) is 9.88 Å². The summed E-state index contributed by atoms with van der Waals surface area (Å²) >= 11 is 0.998. The van der Waals surface area contributed by atoms with Gasteiger partial charge in [0.05, 0.1) is 18.6 Å². The van der Waals surface area contributed by atoms with Gasteiger partial charge in [0.25, 0.3) is 5.91 Å². The van der Waals surface area contributed by atoms with Gasteiger partial charge < -0.3 is 15.8 Å². The van der Waals surface area contributed by atoms with Crippen molar-refractivity contribution in [2.75, 3.05) is 11.9 Å². The van der Waals surface area contributed by atoms with Crippen molar-refractivity contribution in [2.45, 2.75) is 20.3 Å². The highest BCUT2D eigenvalue weighted by Gasteiger charge is 2.25. The van der Waals surface area contributed by atoms with Crippen LogP contribution in [0, 0.1) is 6.92 Å². The fourth-order valence-electron chi connectivity index (χ4n) is 3.08. The van der Waals surface area contributed by atoms with E-state index in [1.807, 2.05) is 42.5 Å². The van der Waals surface area contributed by atoms with E-state index in [0.29, 0.717) is 5.56 Å². The van der Waals surface area contributed by atoms with Gasteiger partial charge in [-0.05, 0) is 35.7 Å². The summed E-state index contributed by atoms with van der Waals surface area (Å²) in [5.41, 5.74) is 6.89. The Labute approximate surface area is 166 Å². The fraction of sp³-hybridized carbons (Fsp3) is 0.190. The lowest BCUT2D eigenvalue weighted by molar-refractivity contribution is -0.115. The Morgan fingerprint density at radius 1 is 1.11 bits per heavy atom. The molecule has 3 rings (SSSR count). The molecular formula is C21H20N2O4S. The summed E-state index contributed by atoms with van der Waals surface area (Å²) in [4.78, 5) is 36.9. The zero-order valence-electron chi connectivity index (χ0n) is 15.6. The van der Waals surface area contributed by atoms with Crippen LogP contribution in [0.25, 0.3) is 10.8 Å². The number of carbonyl (C=O) groups is 3. The van der Waals surface area contributed by atoms with Crippen molar-refractivity contribution in [3.63, 3.8) is 0 Å². The van der Waals surface area contributed by atoms with E-state index >= 15 is 0 Å². The Bertz CT molecular complexity index is 1070. The minimum absolute atomic E-state index is 0.130. The van der Waals surface area contributed by atoms with Crippen molar-refractivity contribution in [3.8, 4) is 0 Å². The molecule has 0 radical (unpaired) electrons. The third-order valence-electron chi connectivity index (χ3n) is 4.34. The van der Waals surface area contributed by atoms with E-state index in [2.05, 4.69) is 5.32 Å². The molecular weight excluding hydrogens is 376 g/mol. The number of hydrogen-bond acceptors (Lipinski definition) is 5. The topological polar surface area (TPSA) is 98.5 Å². The summed E-state index contributed by atoms with van der Waals surface area (Å²) in [6, 6.07) is 13.6. The van der Waals surface area contributed by atoms with E-state index < -0.39 is 11.9 Å². The highest BCUT2D eigenvalue weighted by Crippen LogP contribution is 2.33. The van der Waals surface area contributed by atoms with E-state index in [4.69, 9.17) is 10.5 Å². The number of anilines is 1. The molecule has 0 atom stereocenters. The van der Waals surface area contributed by atoms with Gasteiger partial charge in [0, 0.05) is 0 Å². The van der Waals surface area contributed by atoms with Crippen LogP contribution in [-0.4, -0.2) is 24.4 Å². The van der Waals surface area contributed by atoms with Crippen LogP contribution in [0.4, 0.5) is 5.00 Å². The summed E-state index contributed by atoms with van der Waals surface area (Å²) in [6.45, 7) is 3.52. The number of hydrogen-bond donors (Lipinski definition) is 2. The molecule has 0 fully saturated rings. The molecule has 28 heavy (non-hydrogen) atoms. The number of esters is 1. The maximum atomic E-state index is 12.6. The van der Waals surface area contributed by atoms with Crippen LogP contribution in [-0.2, 0) is 16.0 Å². The number of benzene rings is 2. The molecule has 0 spiro atoms. The van der Waals surface area contributed by atoms with E-state index in [1.165, 1.54) is 0 Å². The minimum Gasteiger partial charge on any atom is -0.462 e. The predicted octanol–water partition coefficient (Wildman–Crippen LogP) is 3.67. The Morgan fingerprint density at radius 3 is 2.54 bits per heavy atom. The summed E-state index contributed by atoms with van der Waals surface area (Å²) in [5, 5.41) is 5.03. The van der Waals surface area contributed by atoms with Crippen LogP contribution in [0.1, 0.15) is 38.1 Å². The largest absolute Gasteiger partial charge is 0.462 e. The van der Waals surface area contributed by atoms with Crippen LogP contribution in [0.5, 0.6) is 0 Å². The second-order valence-corrected chi connectivity index (χ2v) is 7.23. The predicted molar refractivity (Wildman–Crippen MR) is 110 cm³/mol. The number of rotatable bonds is 6. The molecule has 0 aliphatic rings. The normalized spacial score (nSPS) is 10.6. The molecule has 0 aliphatic heterocycles. The molecule has 3 N–H and O–H groups in total. The SMILES string of the molecule is CCOC(=O)c1sc(NC(=O)Cc2cccc3ccccc23)c(C(N)=O)c1C. The van der Waals surface area contributed by atoms with Crippen molar-refractivity contribution in [2.24, 2.45) is 5.73 Å². The van der Waals surface area contributed by atoms with Gasteiger partial charge >= 0.3 is 5.97 Å². The third-order valence-corrected chi connectivity index (χ3v) is 5.53. The number of ether oxygens (including phenoxy) is 1. The van der Waals surface area contributed by atoms with Gasteiger partial charge in [-0.25, -0.2) is 4.79 Å². The molecule has 2 amide bonds. The quantitative estimate of drug-likeness (QED) is 0.621.